The van der Waals surface area contributed by atoms with Crippen molar-refractivity contribution in [2.24, 2.45) is 28.6 Å². The molecule has 1 unspecified atom stereocenters. The SMILES string of the molecule is CC(=O)[C@@]12OC(C)(c3ccccc3)O[C@H]1C[C@H]1[C@@H]3CCC4=CC(=O)CC[C@]4(C)[C@H]3CC[C@@]12C. The largest absolute Gasteiger partial charge is 0.339 e. The molecule has 0 amide bonds. The van der Waals surface area contributed by atoms with Gasteiger partial charge >= 0.3 is 0 Å². The fourth-order valence-electron chi connectivity index (χ4n) is 9.02. The van der Waals surface area contributed by atoms with E-state index >= 15 is 0 Å². The average molecular weight is 449 g/mol. The van der Waals surface area contributed by atoms with E-state index in [1.807, 2.05) is 43.3 Å². The van der Waals surface area contributed by atoms with Crippen molar-refractivity contribution in [3.8, 4) is 0 Å². The highest BCUT2D eigenvalue weighted by Gasteiger charge is 2.75. The molecule has 1 aromatic carbocycles. The van der Waals surface area contributed by atoms with Crippen LogP contribution in [0.15, 0.2) is 42.0 Å². The highest BCUT2D eigenvalue weighted by molar-refractivity contribution is 5.91. The summed E-state index contributed by atoms with van der Waals surface area (Å²) in [4.78, 5) is 25.6. The predicted molar refractivity (Wildman–Crippen MR) is 125 cm³/mol. The Hall–Kier alpha value is -1.78. The van der Waals surface area contributed by atoms with E-state index in [1.165, 1.54) is 5.57 Å². The van der Waals surface area contributed by atoms with Gasteiger partial charge in [-0.2, -0.15) is 0 Å². The van der Waals surface area contributed by atoms with Gasteiger partial charge in [0.25, 0.3) is 0 Å². The van der Waals surface area contributed by atoms with E-state index in [2.05, 4.69) is 13.8 Å². The summed E-state index contributed by atoms with van der Waals surface area (Å²) in [6.07, 6.45) is 8.46. The molecule has 3 saturated carbocycles. The van der Waals surface area contributed by atoms with Crippen molar-refractivity contribution in [2.75, 3.05) is 0 Å². The van der Waals surface area contributed by atoms with Crippen LogP contribution >= 0.6 is 0 Å². The number of carbonyl (C=O) groups is 2. The second kappa shape index (κ2) is 6.88. The van der Waals surface area contributed by atoms with Gasteiger partial charge in [-0.05, 0) is 81.6 Å². The first-order valence-corrected chi connectivity index (χ1v) is 12.8. The third-order valence-electron chi connectivity index (χ3n) is 10.7. The van der Waals surface area contributed by atoms with Crippen molar-refractivity contribution >= 4 is 11.6 Å². The Morgan fingerprint density at radius 2 is 1.76 bits per heavy atom. The molecule has 0 bridgehead atoms. The number of rotatable bonds is 2. The molecule has 5 aliphatic rings. The standard InChI is InChI=1S/C29H36O4/c1-18(30)29-25(32-28(4,33-29)19-8-6-5-7-9-19)17-24-22-11-10-20-16-21(31)12-14-26(20,2)23(22)13-15-27(24,29)3/h5-9,16,22-25H,10-15,17H2,1-4H3/t22-,23+,24+,25+,26+,27+,28?,29-/m1/s1. The molecule has 0 N–H and O–H groups in total. The topological polar surface area (TPSA) is 52.6 Å². The molecule has 1 heterocycles. The number of ketones is 2. The summed E-state index contributed by atoms with van der Waals surface area (Å²) in [6, 6.07) is 10.1. The van der Waals surface area contributed by atoms with E-state index in [1.54, 1.807) is 6.92 Å². The van der Waals surface area contributed by atoms with Crippen molar-refractivity contribution in [3.63, 3.8) is 0 Å². The Morgan fingerprint density at radius 3 is 2.48 bits per heavy atom. The van der Waals surface area contributed by atoms with E-state index in [0.29, 0.717) is 30.0 Å². The highest BCUT2D eigenvalue weighted by Crippen LogP contribution is 2.71. The molecule has 4 heteroatoms. The van der Waals surface area contributed by atoms with Gasteiger partial charge in [0.15, 0.2) is 23.0 Å². The predicted octanol–water partition coefficient (Wildman–Crippen LogP) is 5.74. The number of carbonyl (C=O) groups excluding carboxylic acids is 2. The third kappa shape index (κ3) is 2.65. The van der Waals surface area contributed by atoms with Gasteiger partial charge in [0.1, 0.15) is 0 Å². The summed E-state index contributed by atoms with van der Waals surface area (Å²) in [5.41, 5.74) is 1.35. The maximum absolute atomic E-state index is 13.5. The number of hydrogen-bond donors (Lipinski definition) is 0. The molecule has 0 radical (unpaired) electrons. The van der Waals surface area contributed by atoms with Gasteiger partial charge in [-0.1, -0.05) is 49.8 Å². The van der Waals surface area contributed by atoms with Gasteiger partial charge in [-0.25, -0.2) is 0 Å². The maximum atomic E-state index is 13.5. The minimum Gasteiger partial charge on any atom is -0.339 e. The molecule has 0 spiro atoms. The molecular formula is C29H36O4. The van der Waals surface area contributed by atoms with Crippen molar-refractivity contribution in [1.29, 1.82) is 0 Å². The zero-order chi connectivity index (χ0) is 23.2. The van der Waals surface area contributed by atoms with Crippen LogP contribution < -0.4 is 0 Å². The minimum atomic E-state index is -0.902. The Morgan fingerprint density at radius 1 is 1.00 bits per heavy atom. The molecular weight excluding hydrogens is 412 g/mol. The molecule has 4 fully saturated rings. The van der Waals surface area contributed by atoms with Crippen LogP contribution in [0.3, 0.4) is 0 Å². The Labute approximate surface area is 197 Å². The maximum Gasteiger partial charge on any atom is 0.193 e. The van der Waals surface area contributed by atoms with Crippen molar-refractivity contribution in [1.82, 2.24) is 0 Å². The Kier molecular flexibility index (Phi) is 4.53. The van der Waals surface area contributed by atoms with Gasteiger partial charge in [0, 0.05) is 17.4 Å². The smallest absolute Gasteiger partial charge is 0.193 e. The highest BCUT2D eigenvalue weighted by atomic mass is 16.8. The summed E-state index contributed by atoms with van der Waals surface area (Å²) in [7, 11) is 0. The number of ether oxygens (including phenoxy) is 2. The molecule has 6 rings (SSSR count). The number of hydrogen-bond acceptors (Lipinski definition) is 4. The van der Waals surface area contributed by atoms with Crippen LogP contribution in [-0.4, -0.2) is 23.3 Å². The van der Waals surface area contributed by atoms with Crippen molar-refractivity contribution in [3.05, 3.63) is 47.5 Å². The summed E-state index contributed by atoms with van der Waals surface area (Å²) in [5.74, 6) is 1.04. The quantitative estimate of drug-likeness (QED) is 0.579. The van der Waals surface area contributed by atoms with Crippen molar-refractivity contribution in [2.45, 2.75) is 90.1 Å². The molecule has 1 aliphatic heterocycles. The lowest BCUT2D eigenvalue weighted by Gasteiger charge is -2.59. The number of fused-ring (bicyclic) bond motifs is 7. The molecule has 33 heavy (non-hydrogen) atoms. The van der Waals surface area contributed by atoms with E-state index in [4.69, 9.17) is 9.47 Å². The van der Waals surface area contributed by atoms with E-state index in [0.717, 1.165) is 44.1 Å². The normalized spacial score (nSPS) is 48.4. The molecule has 4 aliphatic carbocycles. The summed E-state index contributed by atoms with van der Waals surface area (Å²) in [5, 5.41) is 0. The second-order valence-corrected chi connectivity index (χ2v) is 12.0. The van der Waals surface area contributed by atoms with Crippen molar-refractivity contribution < 1.29 is 19.1 Å². The fraction of sp³-hybridized carbons (Fsp3) is 0.655. The van der Waals surface area contributed by atoms with E-state index in [-0.39, 0.29) is 22.7 Å². The van der Waals surface area contributed by atoms with Gasteiger partial charge in [-0.15, -0.1) is 0 Å². The number of Topliss-reactive ketones (excluding diaryl/α,β-unsaturated/α-hetero) is 1. The average Bonchev–Trinajstić information content (AvgIpc) is 3.23. The van der Waals surface area contributed by atoms with Gasteiger partial charge in [0.05, 0.1) is 6.10 Å². The first-order chi connectivity index (χ1) is 15.6. The Balaban J connectivity index is 1.38. The van der Waals surface area contributed by atoms with Crippen LogP contribution in [0.4, 0.5) is 0 Å². The van der Waals surface area contributed by atoms with Gasteiger partial charge < -0.3 is 9.47 Å². The molecule has 4 nitrogen and oxygen atoms in total. The molecule has 1 saturated heterocycles. The van der Waals surface area contributed by atoms with E-state index in [9.17, 15) is 9.59 Å². The Bertz CT molecular complexity index is 1040. The summed E-state index contributed by atoms with van der Waals surface area (Å²) < 4.78 is 13.6. The number of allylic oxidation sites excluding steroid dienone is 1. The van der Waals surface area contributed by atoms with Crippen LogP contribution in [0.1, 0.15) is 78.2 Å². The molecule has 176 valence electrons. The monoisotopic (exact) mass is 448 g/mol. The minimum absolute atomic E-state index is 0.112. The zero-order valence-corrected chi connectivity index (χ0v) is 20.4. The first-order valence-electron chi connectivity index (χ1n) is 12.8. The van der Waals surface area contributed by atoms with Crippen LogP contribution in [0, 0.1) is 28.6 Å². The van der Waals surface area contributed by atoms with Crippen LogP contribution in [0.25, 0.3) is 0 Å². The zero-order valence-electron chi connectivity index (χ0n) is 20.4. The third-order valence-corrected chi connectivity index (χ3v) is 10.7. The molecule has 1 aromatic rings. The summed E-state index contributed by atoms with van der Waals surface area (Å²) >= 11 is 0. The van der Waals surface area contributed by atoms with Crippen LogP contribution in [0.5, 0.6) is 0 Å². The molecule has 0 aromatic heterocycles. The lowest BCUT2D eigenvalue weighted by atomic mass is 9.46. The van der Waals surface area contributed by atoms with Gasteiger partial charge in [-0.3, -0.25) is 9.59 Å². The fourth-order valence-corrected chi connectivity index (χ4v) is 9.02. The first kappa shape index (κ1) is 21.7. The lowest BCUT2D eigenvalue weighted by molar-refractivity contribution is -0.227. The second-order valence-electron chi connectivity index (χ2n) is 12.0. The van der Waals surface area contributed by atoms with E-state index < -0.39 is 11.4 Å². The van der Waals surface area contributed by atoms with Crippen LogP contribution in [-0.2, 0) is 24.8 Å². The van der Waals surface area contributed by atoms with Gasteiger partial charge in [0.2, 0.25) is 0 Å². The lowest BCUT2D eigenvalue weighted by Crippen LogP contribution is -2.59. The summed E-state index contributed by atoms with van der Waals surface area (Å²) in [6.45, 7) is 8.41. The van der Waals surface area contributed by atoms with Crippen LogP contribution in [0.2, 0.25) is 0 Å². The number of benzene rings is 1. The molecule has 8 atom stereocenters.